The summed E-state index contributed by atoms with van der Waals surface area (Å²) >= 11 is 0. The Hall–Kier alpha value is -0.810. The molecule has 1 aliphatic heterocycles. The van der Waals surface area contributed by atoms with Crippen molar-refractivity contribution in [1.29, 1.82) is 0 Å². The highest BCUT2D eigenvalue weighted by molar-refractivity contribution is 5.85. The first-order valence-corrected chi connectivity index (χ1v) is 8.35. The summed E-state index contributed by atoms with van der Waals surface area (Å²) in [4.78, 5) is 14.4. The van der Waals surface area contributed by atoms with Crippen LogP contribution in [0.2, 0.25) is 0 Å². The van der Waals surface area contributed by atoms with Gasteiger partial charge in [0.25, 0.3) is 0 Å². The molecule has 4 nitrogen and oxygen atoms in total. The van der Waals surface area contributed by atoms with E-state index >= 15 is 0 Å². The van der Waals surface area contributed by atoms with Crippen molar-refractivity contribution in [3.8, 4) is 0 Å². The standard InChI is InChI=1S/C18H29N3O.2ClH/c1-21(2)14-17(16-6-4-3-5-7-16)20-18(22)9-8-15-10-12-19-13-11-15;;/h3-7,15,17,19H,8-14H2,1-2H3,(H,20,22);2*1H. The van der Waals surface area contributed by atoms with Gasteiger partial charge in [-0.3, -0.25) is 4.79 Å². The molecule has 2 rings (SSSR count). The summed E-state index contributed by atoms with van der Waals surface area (Å²) in [6.07, 6.45) is 4.05. The molecular formula is C18H31Cl2N3O. The predicted octanol–water partition coefficient (Wildman–Crippen LogP) is 3.03. The Morgan fingerprint density at radius 2 is 1.83 bits per heavy atom. The quantitative estimate of drug-likeness (QED) is 0.769. The number of rotatable bonds is 7. The second-order valence-corrected chi connectivity index (χ2v) is 6.53. The van der Waals surface area contributed by atoms with Gasteiger partial charge in [0, 0.05) is 13.0 Å². The molecule has 24 heavy (non-hydrogen) atoms. The zero-order chi connectivity index (χ0) is 15.8. The van der Waals surface area contributed by atoms with E-state index in [1.165, 1.54) is 18.4 Å². The van der Waals surface area contributed by atoms with Gasteiger partial charge in [-0.1, -0.05) is 30.3 Å². The molecule has 0 saturated carbocycles. The van der Waals surface area contributed by atoms with E-state index in [1.807, 2.05) is 32.3 Å². The topological polar surface area (TPSA) is 44.4 Å². The molecule has 1 aromatic rings. The molecule has 0 aliphatic carbocycles. The highest BCUT2D eigenvalue weighted by atomic mass is 35.5. The van der Waals surface area contributed by atoms with Gasteiger partial charge in [-0.05, 0) is 57.9 Å². The fourth-order valence-electron chi connectivity index (χ4n) is 3.06. The zero-order valence-corrected chi connectivity index (χ0v) is 16.3. The SMILES string of the molecule is CN(C)CC(NC(=O)CCC1CCNCC1)c1ccccc1.Cl.Cl. The lowest BCUT2D eigenvalue weighted by Gasteiger charge is -2.25. The maximum absolute atomic E-state index is 12.3. The molecule has 6 heteroatoms. The van der Waals surface area contributed by atoms with E-state index in [0.29, 0.717) is 12.3 Å². The lowest BCUT2D eigenvalue weighted by atomic mass is 9.93. The normalized spacial score (nSPS) is 16.0. The van der Waals surface area contributed by atoms with E-state index < -0.39 is 0 Å². The van der Waals surface area contributed by atoms with E-state index in [-0.39, 0.29) is 36.8 Å². The molecule has 0 bridgehead atoms. The summed E-state index contributed by atoms with van der Waals surface area (Å²) < 4.78 is 0. The Morgan fingerprint density at radius 1 is 1.21 bits per heavy atom. The maximum atomic E-state index is 12.3. The molecule has 1 aliphatic rings. The molecule has 0 radical (unpaired) electrons. The Morgan fingerprint density at radius 3 is 2.42 bits per heavy atom. The van der Waals surface area contributed by atoms with Crippen LogP contribution in [-0.2, 0) is 4.79 Å². The van der Waals surface area contributed by atoms with Crippen LogP contribution in [0.25, 0.3) is 0 Å². The first kappa shape index (κ1) is 23.2. The summed E-state index contributed by atoms with van der Waals surface area (Å²) in [7, 11) is 4.08. The minimum Gasteiger partial charge on any atom is -0.348 e. The van der Waals surface area contributed by atoms with Gasteiger partial charge < -0.3 is 15.5 Å². The number of halogens is 2. The average Bonchev–Trinajstić information content (AvgIpc) is 2.54. The van der Waals surface area contributed by atoms with Gasteiger partial charge in [-0.2, -0.15) is 0 Å². The minimum absolute atomic E-state index is 0. The van der Waals surface area contributed by atoms with E-state index in [0.717, 1.165) is 26.1 Å². The smallest absolute Gasteiger partial charge is 0.220 e. The fourth-order valence-corrected chi connectivity index (χ4v) is 3.06. The highest BCUT2D eigenvalue weighted by Crippen LogP contribution is 2.19. The van der Waals surface area contributed by atoms with Gasteiger partial charge in [0.2, 0.25) is 5.91 Å². The molecule has 1 amide bonds. The van der Waals surface area contributed by atoms with Gasteiger partial charge in [-0.25, -0.2) is 0 Å². The van der Waals surface area contributed by atoms with Crippen LogP contribution < -0.4 is 10.6 Å². The van der Waals surface area contributed by atoms with Crippen molar-refractivity contribution >= 4 is 30.7 Å². The number of amides is 1. The summed E-state index contributed by atoms with van der Waals surface area (Å²) in [6.45, 7) is 3.02. The second-order valence-electron chi connectivity index (χ2n) is 6.53. The largest absolute Gasteiger partial charge is 0.348 e. The number of nitrogens with one attached hydrogen (secondary N) is 2. The van der Waals surface area contributed by atoms with E-state index in [2.05, 4.69) is 27.7 Å². The Balaban J connectivity index is 0.00000264. The van der Waals surface area contributed by atoms with Crippen molar-refractivity contribution in [3.05, 3.63) is 35.9 Å². The van der Waals surface area contributed by atoms with Crippen LogP contribution in [0.4, 0.5) is 0 Å². The number of carbonyl (C=O) groups is 1. The van der Waals surface area contributed by atoms with Gasteiger partial charge in [0.15, 0.2) is 0 Å². The van der Waals surface area contributed by atoms with E-state index in [4.69, 9.17) is 0 Å². The molecule has 1 unspecified atom stereocenters. The first-order chi connectivity index (χ1) is 10.6. The van der Waals surface area contributed by atoms with Gasteiger partial charge in [-0.15, -0.1) is 24.8 Å². The predicted molar refractivity (Wildman–Crippen MR) is 105 cm³/mol. The fraction of sp³-hybridized carbons (Fsp3) is 0.611. The monoisotopic (exact) mass is 375 g/mol. The van der Waals surface area contributed by atoms with Crippen molar-refractivity contribution in [2.45, 2.75) is 31.7 Å². The number of likely N-dealkylation sites (N-methyl/N-ethyl adjacent to an activating group) is 1. The summed E-state index contributed by atoms with van der Waals surface area (Å²) in [5, 5.41) is 6.58. The Kier molecular flexibility index (Phi) is 12.1. The summed E-state index contributed by atoms with van der Waals surface area (Å²) in [5.41, 5.74) is 1.17. The van der Waals surface area contributed by atoms with Crippen molar-refractivity contribution in [2.24, 2.45) is 5.92 Å². The van der Waals surface area contributed by atoms with Crippen LogP contribution in [-0.4, -0.2) is 44.5 Å². The lowest BCUT2D eigenvalue weighted by Crippen LogP contribution is -2.35. The van der Waals surface area contributed by atoms with Crippen LogP contribution in [0.1, 0.15) is 37.3 Å². The third-order valence-electron chi connectivity index (χ3n) is 4.32. The third-order valence-corrected chi connectivity index (χ3v) is 4.32. The zero-order valence-electron chi connectivity index (χ0n) is 14.7. The Labute approximate surface area is 158 Å². The van der Waals surface area contributed by atoms with Crippen LogP contribution in [0.15, 0.2) is 30.3 Å². The average molecular weight is 376 g/mol. The van der Waals surface area contributed by atoms with E-state index in [9.17, 15) is 4.79 Å². The van der Waals surface area contributed by atoms with Crippen molar-refractivity contribution in [1.82, 2.24) is 15.5 Å². The maximum Gasteiger partial charge on any atom is 0.220 e. The van der Waals surface area contributed by atoms with E-state index in [1.54, 1.807) is 0 Å². The number of hydrogen-bond acceptors (Lipinski definition) is 3. The van der Waals surface area contributed by atoms with Crippen molar-refractivity contribution < 1.29 is 4.79 Å². The molecule has 1 fully saturated rings. The van der Waals surface area contributed by atoms with Gasteiger partial charge in [0.05, 0.1) is 6.04 Å². The minimum atomic E-state index is 0. The number of benzene rings is 1. The molecule has 1 aromatic carbocycles. The van der Waals surface area contributed by atoms with Crippen LogP contribution in [0.3, 0.4) is 0 Å². The number of piperidine rings is 1. The van der Waals surface area contributed by atoms with Gasteiger partial charge >= 0.3 is 0 Å². The highest BCUT2D eigenvalue weighted by Gasteiger charge is 2.18. The molecule has 0 aromatic heterocycles. The summed E-state index contributed by atoms with van der Waals surface area (Å²) in [6, 6.07) is 10.3. The molecule has 2 N–H and O–H groups in total. The van der Waals surface area contributed by atoms with Crippen molar-refractivity contribution in [3.63, 3.8) is 0 Å². The lowest BCUT2D eigenvalue weighted by molar-refractivity contribution is -0.122. The molecule has 1 heterocycles. The van der Waals surface area contributed by atoms with Crippen LogP contribution in [0.5, 0.6) is 0 Å². The van der Waals surface area contributed by atoms with Crippen molar-refractivity contribution in [2.75, 3.05) is 33.7 Å². The number of nitrogens with zero attached hydrogens (tertiary/aromatic N) is 1. The second kappa shape index (κ2) is 12.5. The molecule has 138 valence electrons. The molecule has 1 saturated heterocycles. The van der Waals surface area contributed by atoms with Crippen LogP contribution >= 0.6 is 24.8 Å². The van der Waals surface area contributed by atoms with Crippen LogP contribution in [0, 0.1) is 5.92 Å². The van der Waals surface area contributed by atoms with Gasteiger partial charge in [0.1, 0.15) is 0 Å². The Bertz CT molecular complexity index is 451. The third kappa shape index (κ3) is 8.34. The number of carbonyl (C=O) groups excluding carboxylic acids is 1. The molecule has 1 atom stereocenters. The first-order valence-electron chi connectivity index (χ1n) is 8.35. The molecule has 0 spiro atoms. The number of hydrogen-bond donors (Lipinski definition) is 2. The molecular weight excluding hydrogens is 345 g/mol. The summed E-state index contributed by atoms with van der Waals surface area (Å²) in [5.74, 6) is 0.880.